The zero-order valence-electron chi connectivity index (χ0n) is 9.80. The Labute approximate surface area is 102 Å². The van der Waals surface area contributed by atoms with E-state index >= 15 is 0 Å². The Balaban J connectivity index is 2.79. The highest BCUT2D eigenvalue weighted by atomic mass is 19.1. The molecule has 0 aliphatic rings. The van der Waals surface area contributed by atoms with Gasteiger partial charge in [-0.2, -0.15) is 0 Å². The van der Waals surface area contributed by atoms with Crippen LogP contribution in [-0.2, 0) is 9.47 Å². The summed E-state index contributed by atoms with van der Waals surface area (Å²) in [5, 5.41) is 2.21. The lowest BCUT2D eigenvalue weighted by Crippen LogP contribution is -2.35. The van der Waals surface area contributed by atoms with Gasteiger partial charge in [0.15, 0.2) is 6.29 Å². The molecule has 0 aliphatic carbocycles. The molecule has 1 aromatic rings. The largest absolute Gasteiger partial charge is 0.354 e. The van der Waals surface area contributed by atoms with E-state index in [1.165, 1.54) is 14.2 Å². The van der Waals surface area contributed by atoms with Gasteiger partial charge >= 0.3 is 0 Å². The predicted octanol–water partition coefficient (Wildman–Crippen LogP) is 1.45. The van der Waals surface area contributed by atoms with Crippen LogP contribution in [0.5, 0.6) is 0 Å². The predicted molar refractivity (Wildman–Crippen MR) is 56.5 cm³/mol. The Kier molecular flexibility index (Phi) is 5.11. The van der Waals surface area contributed by atoms with Crippen LogP contribution in [0.25, 0.3) is 0 Å². The third-order valence-electron chi connectivity index (χ3n) is 2.19. The quantitative estimate of drug-likeness (QED) is 0.818. The fraction of sp³-hybridized carbons (Fsp3) is 0.364. The summed E-state index contributed by atoms with van der Waals surface area (Å²) in [6.45, 7) is -0.0951. The van der Waals surface area contributed by atoms with E-state index in [2.05, 4.69) is 5.32 Å². The lowest BCUT2D eigenvalue weighted by Gasteiger charge is -2.14. The molecule has 0 aromatic heterocycles. The summed E-state index contributed by atoms with van der Waals surface area (Å²) >= 11 is 0. The maximum absolute atomic E-state index is 13.2. The molecule has 1 N–H and O–H groups in total. The number of nitrogens with one attached hydrogen (secondary N) is 1. The smallest absolute Gasteiger partial charge is 0.257 e. The van der Waals surface area contributed by atoms with Crippen LogP contribution >= 0.6 is 0 Å². The van der Waals surface area contributed by atoms with Crippen molar-refractivity contribution in [2.45, 2.75) is 6.29 Å². The third-order valence-corrected chi connectivity index (χ3v) is 2.19. The minimum Gasteiger partial charge on any atom is -0.354 e. The van der Waals surface area contributed by atoms with Gasteiger partial charge in [0, 0.05) is 26.4 Å². The van der Waals surface area contributed by atoms with Crippen molar-refractivity contribution in [3.05, 3.63) is 35.1 Å². The average Bonchev–Trinajstić information content (AvgIpc) is 2.28. The first-order valence-electron chi connectivity index (χ1n) is 4.98. The van der Waals surface area contributed by atoms with Gasteiger partial charge in [0.05, 0.1) is 6.54 Å². The molecule has 0 radical (unpaired) electrons. The highest BCUT2D eigenvalue weighted by Crippen LogP contribution is 2.14. The highest BCUT2D eigenvalue weighted by molar-refractivity contribution is 5.94. The van der Waals surface area contributed by atoms with Crippen molar-refractivity contribution in [2.24, 2.45) is 0 Å². The minimum absolute atomic E-state index is 0.0951. The maximum Gasteiger partial charge on any atom is 0.257 e. The van der Waals surface area contributed by atoms with E-state index in [9.17, 15) is 18.0 Å². The summed E-state index contributed by atoms with van der Waals surface area (Å²) < 4.78 is 48.7. The number of ether oxygens (including phenoxy) is 2. The summed E-state index contributed by atoms with van der Waals surface area (Å²) in [6, 6.07) is 0.865. The normalized spacial score (nSPS) is 10.8. The van der Waals surface area contributed by atoms with Gasteiger partial charge in [0.1, 0.15) is 23.0 Å². The van der Waals surface area contributed by atoms with Crippen molar-refractivity contribution in [2.75, 3.05) is 20.8 Å². The lowest BCUT2D eigenvalue weighted by atomic mass is 10.2. The number of carbonyl (C=O) groups excluding carboxylic acids is 1. The van der Waals surface area contributed by atoms with Gasteiger partial charge < -0.3 is 14.8 Å². The van der Waals surface area contributed by atoms with Gasteiger partial charge in [-0.05, 0) is 0 Å². The van der Waals surface area contributed by atoms with E-state index in [0.29, 0.717) is 12.1 Å². The molecule has 0 saturated carbocycles. The fourth-order valence-corrected chi connectivity index (χ4v) is 1.29. The number of amides is 1. The molecule has 0 fully saturated rings. The second-order valence-electron chi connectivity index (χ2n) is 3.36. The molecule has 100 valence electrons. The zero-order valence-corrected chi connectivity index (χ0v) is 9.80. The first kappa shape index (κ1) is 14.5. The molecule has 0 bridgehead atoms. The Morgan fingerprint density at radius 2 is 1.72 bits per heavy atom. The zero-order chi connectivity index (χ0) is 13.7. The van der Waals surface area contributed by atoms with E-state index in [-0.39, 0.29) is 6.54 Å². The molecule has 1 aromatic carbocycles. The first-order chi connectivity index (χ1) is 8.49. The van der Waals surface area contributed by atoms with Crippen molar-refractivity contribution < 1.29 is 27.4 Å². The molecule has 0 spiro atoms. The Morgan fingerprint density at radius 3 is 2.17 bits per heavy atom. The second kappa shape index (κ2) is 6.36. The summed E-state index contributed by atoms with van der Waals surface area (Å²) in [5.41, 5.74) is -0.845. The molecule has 0 aliphatic heterocycles. The van der Waals surface area contributed by atoms with Gasteiger partial charge in [0.25, 0.3) is 5.91 Å². The SMILES string of the molecule is COC(CNC(=O)c1c(F)cc(F)cc1F)OC. The maximum atomic E-state index is 13.2. The van der Waals surface area contributed by atoms with Crippen LogP contribution in [0.4, 0.5) is 13.2 Å². The number of methoxy groups -OCH3 is 2. The van der Waals surface area contributed by atoms with E-state index in [4.69, 9.17) is 9.47 Å². The van der Waals surface area contributed by atoms with Gasteiger partial charge in [-0.25, -0.2) is 13.2 Å². The molecule has 0 heterocycles. The molecule has 0 atom stereocenters. The van der Waals surface area contributed by atoms with Crippen LogP contribution in [0.3, 0.4) is 0 Å². The van der Waals surface area contributed by atoms with E-state index in [1.807, 2.05) is 0 Å². The van der Waals surface area contributed by atoms with Crippen molar-refractivity contribution in [1.82, 2.24) is 5.32 Å². The van der Waals surface area contributed by atoms with E-state index in [1.54, 1.807) is 0 Å². The Morgan fingerprint density at radius 1 is 1.22 bits per heavy atom. The monoisotopic (exact) mass is 263 g/mol. The van der Waals surface area contributed by atoms with Crippen molar-refractivity contribution >= 4 is 5.91 Å². The molecule has 0 unspecified atom stereocenters. The van der Waals surface area contributed by atoms with Crippen LogP contribution in [0, 0.1) is 17.5 Å². The van der Waals surface area contributed by atoms with Crippen molar-refractivity contribution in [3.8, 4) is 0 Å². The van der Waals surface area contributed by atoms with Gasteiger partial charge in [-0.1, -0.05) is 0 Å². The molecule has 1 amide bonds. The number of halogens is 3. The topological polar surface area (TPSA) is 47.6 Å². The fourth-order valence-electron chi connectivity index (χ4n) is 1.29. The minimum atomic E-state index is -1.27. The van der Waals surface area contributed by atoms with E-state index < -0.39 is 35.2 Å². The van der Waals surface area contributed by atoms with E-state index in [0.717, 1.165) is 0 Å². The first-order valence-corrected chi connectivity index (χ1v) is 4.98. The molecule has 4 nitrogen and oxygen atoms in total. The molecule has 1 rings (SSSR count). The van der Waals surface area contributed by atoms with Gasteiger partial charge in [0.2, 0.25) is 0 Å². The van der Waals surface area contributed by atoms with Gasteiger partial charge in [-0.15, -0.1) is 0 Å². The van der Waals surface area contributed by atoms with Crippen LogP contribution < -0.4 is 5.32 Å². The molecule has 7 heteroatoms. The highest BCUT2D eigenvalue weighted by Gasteiger charge is 2.19. The van der Waals surface area contributed by atoms with Crippen molar-refractivity contribution in [3.63, 3.8) is 0 Å². The second-order valence-corrected chi connectivity index (χ2v) is 3.36. The average molecular weight is 263 g/mol. The standard InChI is InChI=1S/C11H12F3NO3/c1-17-9(18-2)5-15-11(16)10-7(13)3-6(12)4-8(10)14/h3-4,9H,5H2,1-2H3,(H,15,16). The number of benzene rings is 1. The van der Waals surface area contributed by atoms with Crippen LogP contribution in [-0.4, -0.2) is 33.0 Å². The summed E-state index contributed by atoms with van der Waals surface area (Å²) in [6.07, 6.45) is -0.736. The number of hydrogen-bond acceptors (Lipinski definition) is 3. The third kappa shape index (κ3) is 3.44. The van der Waals surface area contributed by atoms with Gasteiger partial charge in [-0.3, -0.25) is 4.79 Å². The molecular formula is C11H12F3NO3. The van der Waals surface area contributed by atoms with Crippen molar-refractivity contribution in [1.29, 1.82) is 0 Å². The summed E-state index contributed by atoms with van der Waals surface area (Å²) in [7, 11) is 2.69. The number of carbonyl (C=O) groups is 1. The molecule has 0 saturated heterocycles. The Hall–Kier alpha value is -1.60. The summed E-state index contributed by atoms with van der Waals surface area (Å²) in [5.74, 6) is -4.63. The Bertz CT molecular complexity index is 413. The van der Waals surface area contributed by atoms with Crippen LogP contribution in [0.2, 0.25) is 0 Å². The lowest BCUT2D eigenvalue weighted by molar-refractivity contribution is -0.0974. The van der Waals surface area contributed by atoms with Crippen LogP contribution in [0.1, 0.15) is 10.4 Å². The van der Waals surface area contributed by atoms with Crippen LogP contribution in [0.15, 0.2) is 12.1 Å². The summed E-state index contributed by atoms with van der Waals surface area (Å²) in [4.78, 5) is 11.5. The molecular weight excluding hydrogens is 251 g/mol. The molecule has 18 heavy (non-hydrogen) atoms. The number of hydrogen-bond donors (Lipinski definition) is 1. The number of rotatable bonds is 5.